The highest BCUT2D eigenvalue weighted by atomic mass is 32.2. The number of carbonyl (C=O) groups is 1. The maximum atomic E-state index is 13.2. The first-order valence-electron chi connectivity index (χ1n) is 12.8. The maximum Gasteiger partial charge on any atom is 0.251 e. The van der Waals surface area contributed by atoms with Crippen LogP contribution in [0.3, 0.4) is 0 Å². The van der Waals surface area contributed by atoms with Crippen LogP contribution < -0.4 is 14.8 Å². The van der Waals surface area contributed by atoms with E-state index in [2.05, 4.69) is 14.6 Å². The fraction of sp³-hybridized carbons (Fsp3) is 0.379. The van der Waals surface area contributed by atoms with Crippen molar-refractivity contribution in [1.29, 1.82) is 0 Å². The molecular weight excluding hydrogens is 502 g/mol. The summed E-state index contributed by atoms with van der Waals surface area (Å²) in [6, 6.07) is 20.4. The molecule has 202 valence electrons. The van der Waals surface area contributed by atoms with Crippen LogP contribution in [0.5, 0.6) is 11.6 Å². The van der Waals surface area contributed by atoms with Crippen LogP contribution in [-0.2, 0) is 11.2 Å². The van der Waals surface area contributed by atoms with Crippen molar-refractivity contribution in [3.63, 3.8) is 0 Å². The quantitative estimate of drug-likeness (QED) is 0.316. The molecule has 2 aromatic carbocycles. The molecule has 0 bridgehead atoms. The number of aromatic nitrogens is 1. The van der Waals surface area contributed by atoms with Crippen LogP contribution >= 0.6 is 11.9 Å². The van der Waals surface area contributed by atoms with Gasteiger partial charge >= 0.3 is 0 Å². The Balaban J connectivity index is 1.52. The molecule has 38 heavy (non-hydrogen) atoms. The second-order valence-corrected chi connectivity index (χ2v) is 10.3. The van der Waals surface area contributed by atoms with Crippen LogP contribution in [0.25, 0.3) is 0 Å². The van der Waals surface area contributed by atoms with Gasteiger partial charge < -0.3 is 24.6 Å². The molecular formula is C29H35N3O5S. The summed E-state index contributed by atoms with van der Waals surface area (Å²) in [6.45, 7) is 1.75. The Labute approximate surface area is 228 Å². The summed E-state index contributed by atoms with van der Waals surface area (Å²) in [5.74, 6) is 0.835. The summed E-state index contributed by atoms with van der Waals surface area (Å²) < 4.78 is 18.6. The minimum atomic E-state index is -0.845. The van der Waals surface area contributed by atoms with Gasteiger partial charge in [-0.05, 0) is 61.0 Å². The van der Waals surface area contributed by atoms with Gasteiger partial charge in [-0.25, -0.2) is 9.29 Å². The average Bonchev–Trinajstić information content (AvgIpc) is 3.46. The Morgan fingerprint density at radius 3 is 2.74 bits per heavy atom. The molecule has 9 heteroatoms. The molecule has 8 nitrogen and oxygen atoms in total. The number of rotatable bonds is 13. The molecule has 4 rings (SSSR count). The van der Waals surface area contributed by atoms with Crippen molar-refractivity contribution in [1.82, 2.24) is 14.6 Å². The number of methoxy groups -OCH3 is 2. The van der Waals surface area contributed by atoms with E-state index in [-0.39, 0.29) is 12.0 Å². The van der Waals surface area contributed by atoms with E-state index in [4.69, 9.17) is 14.2 Å². The number of hydrogen-bond acceptors (Lipinski definition) is 8. The lowest BCUT2D eigenvalue weighted by Crippen LogP contribution is -2.49. The number of carbonyl (C=O) groups excluding carboxylic acids is 1. The molecule has 3 atom stereocenters. The second kappa shape index (κ2) is 14.2. The van der Waals surface area contributed by atoms with Gasteiger partial charge in [0.1, 0.15) is 5.75 Å². The van der Waals surface area contributed by atoms with Crippen LogP contribution in [0.15, 0.2) is 77.8 Å². The molecule has 1 amide bonds. The van der Waals surface area contributed by atoms with Gasteiger partial charge in [0.2, 0.25) is 5.88 Å². The normalized spacial score (nSPS) is 16.7. The zero-order valence-electron chi connectivity index (χ0n) is 21.8. The predicted octanol–water partition coefficient (Wildman–Crippen LogP) is 3.99. The molecule has 3 aromatic rings. The topological polar surface area (TPSA) is 93.2 Å². The van der Waals surface area contributed by atoms with Gasteiger partial charge in [-0.1, -0.05) is 36.4 Å². The maximum absolute atomic E-state index is 13.2. The SMILES string of the molecule is COc1cccc(SN(CC2CCCO2)CC(O)C(Cc2ccccc2)NC(=O)c2ccnc(OC)c2)c1. The van der Waals surface area contributed by atoms with Crippen molar-refractivity contribution >= 4 is 17.9 Å². The van der Waals surface area contributed by atoms with Gasteiger partial charge in [0, 0.05) is 42.4 Å². The fourth-order valence-electron chi connectivity index (χ4n) is 4.37. The van der Waals surface area contributed by atoms with E-state index in [0.29, 0.717) is 31.0 Å². The molecule has 1 saturated heterocycles. The zero-order valence-corrected chi connectivity index (χ0v) is 22.6. The van der Waals surface area contributed by atoms with Crippen molar-refractivity contribution in [3.8, 4) is 11.6 Å². The average molecular weight is 538 g/mol. The zero-order chi connectivity index (χ0) is 26.7. The lowest BCUT2D eigenvalue weighted by atomic mass is 10.0. The lowest BCUT2D eigenvalue weighted by Gasteiger charge is -2.31. The number of aliphatic hydroxyl groups is 1. The predicted molar refractivity (Wildman–Crippen MR) is 148 cm³/mol. The first kappa shape index (κ1) is 27.9. The number of ether oxygens (including phenoxy) is 3. The summed E-state index contributed by atoms with van der Waals surface area (Å²) in [5, 5.41) is 14.6. The van der Waals surface area contributed by atoms with Crippen molar-refractivity contribution in [2.24, 2.45) is 0 Å². The Kier molecular flexibility index (Phi) is 10.4. The van der Waals surface area contributed by atoms with Crippen molar-refractivity contribution in [2.75, 3.05) is 33.9 Å². The van der Waals surface area contributed by atoms with Crippen LogP contribution in [0.2, 0.25) is 0 Å². The Hall–Kier alpha value is -3.11. The summed E-state index contributed by atoms with van der Waals surface area (Å²) in [5.41, 5.74) is 1.44. The van der Waals surface area contributed by atoms with E-state index in [1.54, 1.807) is 31.2 Å². The van der Waals surface area contributed by atoms with Gasteiger partial charge in [0.05, 0.1) is 32.5 Å². The van der Waals surface area contributed by atoms with Gasteiger partial charge in [-0.2, -0.15) is 0 Å². The highest BCUT2D eigenvalue weighted by molar-refractivity contribution is 7.97. The van der Waals surface area contributed by atoms with Gasteiger partial charge in [-0.3, -0.25) is 4.79 Å². The molecule has 1 fully saturated rings. The first-order valence-corrected chi connectivity index (χ1v) is 13.5. The number of amides is 1. The fourth-order valence-corrected chi connectivity index (χ4v) is 5.45. The number of pyridine rings is 1. The van der Waals surface area contributed by atoms with E-state index >= 15 is 0 Å². The Morgan fingerprint density at radius 2 is 2.00 bits per heavy atom. The molecule has 2 N–H and O–H groups in total. The molecule has 0 spiro atoms. The molecule has 0 radical (unpaired) electrons. The van der Waals surface area contributed by atoms with Crippen molar-refractivity contribution < 1.29 is 24.1 Å². The van der Waals surface area contributed by atoms with Crippen molar-refractivity contribution in [2.45, 2.75) is 42.4 Å². The summed E-state index contributed by atoms with van der Waals surface area (Å²) in [7, 11) is 3.15. The molecule has 1 aromatic heterocycles. The Morgan fingerprint density at radius 1 is 1.16 bits per heavy atom. The third-order valence-electron chi connectivity index (χ3n) is 6.38. The molecule has 0 aliphatic carbocycles. The van der Waals surface area contributed by atoms with Crippen LogP contribution in [-0.4, -0.2) is 72.5 Å². The third-order valence-corrected chi connectivity index (χ3v) is 7.40. The van der Waals surface area contributed by atoms with Crippen LogP contribution in [0.1, 0.15) is 28.8 Å². The van der Waals surface area contributed by atoms with Gasteiger partial charge in [0.25, 0.3) is 5.91 Å². The molecule has 1 aliphatic heterocycles. The van der Waals surface area contributed by atoms with Gasteiger partial charge in [0.15, 0.2) is 0 Å². The van der Waals surface area contributed by atoms with E-state index in [0.717, 1.165) is 35.7 Å². The largest absolute Gasteiger partial charge is 0.497 e. The highest BCUT2D eigenvalue weighted by Gasteiger charge is 2.28. The lowest BCUT2D eigenvalue weighted by molar-refractivity contribution is 0.0651. The monoisotopic (exact) mass is 537 g/mol. The summed E-state index contributed by atoms with van der Waals surface area (Å²) in [4.78, 5) is 18.3. The molecule has 1 aliphatic rings. The number of hydrogen-bond donors (Lipinski definition) is 2. The van der Waals surface area contributed by atoms with Crippen LogP contribution in [0.4, 0.5) is 0 Å². The first-order chi connectivity index (χ1) is 18.5. The van der Waals surface area contributed by atoms with Crippen LogP contribution in [0, 0.1) is 0 Å². The number of benzene rings is 2. The highest BCUT2D eigenvalue weighted by Crippen LogP contribution is 2.28. The smallest absolute Gasteiger partial charge is 0.251 e. The number of nitrogens with zero attached hydrogens (tertiary/aromatic N) is 2. The van der Waals surface area contributed by atoms with E-state index in [1.807, 2.05) is 54.6 Å². The molecule has 0 saturated carbocycles. The van der Waals surface area contributed by atoms with E-state index < -0.39 is 12.1 Å². The third kappa shape index (κ3) is 8.19. The van der Waals surface area contributed by atoms with Gasteiger partial charge in [-0.15, -0.1) is 0 Å². The number of aliphatic hydroxyl groups excluding tert-OH is 1. The molecule has 2 heterocycles. The number of nitrogens with one attached hydrogen (secondary N) is 1. The standard InChI is InChI=1S/C29H35N3O5S/c1-35-23-10-6-12-25(18-23)38-32(19-24-11-7-15-37-24)20-27(33)26(16-21-8-4-3-5-9-21)31-29(34)22-13-14-30-28(17-22)36-2/h3-6,8-10,12-14,17-18,24,26-27,33H,7,11,15-16,19-20H2,1-2H3,(H,31,34). The minimum absolute atomic E-state index is 0.103. The Bertz CT molecular complexity index is 1160. The molecule has 3 unspecified atom stereocenters. The summed E-state index contributed by atoms with van der Waals surface area (Å²) in [6.07, 6.45) is 3.29. The van der Waals surface area contributed by atoms with Crippen molar-refractivity contribution in [3.05, 3.63) is 84.1 Å². The summed E-state index contributed by atoms with van der Waals surface area (Å²) >= 11 is 1.55. The second-order valence-electron chi connectivity index (χ2n) is 9.18. The van der Waals surface area contributed by atoms with E-state index in [1.165, 1.54) is 13.3 Å². The minimum Gasteiger partial charge on any atom is -0.497 e. The van der Waals surface area contributed by atoms with E-state index in [9.17, 15) is 9.90 Å².